The zero-order chi connectivity index (χ0) is 19.9. The number of aromatic nitrogens is 1. The van der Waals surface area contributed by atoms with Gasteiger partial charge in [0, 0.05) is 13.6 Å². The summed E-state index contributed by atoms with van der Waals surface area (Å²) in [5, 5.41) is 10.4. The van der Waals surface area contributed by atoms with Gasteiger partial charge in [0.15, 0.2) is 17.1 Å². The number of hydrogen-bond acceptors (Lipinski definition) is 7. The van der Waals surface area contributed by atoms with E-state index in [-0.39, 0.29) is 11.4 Å². The van der Waals surface area contributed by atoms with Crippen LogP contribution in [-0.2, 0) is 17.1 Å². The molecule has 1 aliphatic heterocycles. The number of aliphatic hydroxyl groups excluding tert-OH is 1. The van der Waals surface area contributed by atoms with Crippen LogP contribution < -0.4 is 20.0 Å². The zero-order valence-corrected chi connectivity index (χ0v) is 15.7. The molecule has 0 amide bonds. The van der Waals surface area contributed by atoms with Crippen molar-refractivity contribution in [1.29, 1.82) is 0 Å². The van der Waals surface area contributed by atoms with Gasteiger partial charge in [-0.05, 0) is 35.9 Å². The summed E-state index contributed by atoms with van der Waals surface area (Å²) in [4.78, 5) is 11.5. The molecule has 9 nitrogen and oxygen atoms in total. The van der Waals surface area contributed by atoms with Crippen LogP contribution >= 0.6 is 0 Å². The Morgan fingerprint density at radius 2 is 1.89 bits per heavy atom. The van der Waals surface area contributed by atoms with Crippen LogP contribution in [-0.4, -0.2) is 37.8 Å². The first-order valence-electron chi connectivity index (χ1n) is 8.52. The van der Waals surface area contributed by atoms with Gasteiger partial charge in [-0.1, -0.05) is 6.07 Å². The molecule has 3 aromatic rings. The van der Waals surface area contributed by atoms with E-state index in [0.29, 0.717) is 41.4 Å². The number of hydrogen-bond donors (Lipinski definition) is 2. The number of benzene rings is 2. The standard InChI is InChI=1S/C18H18N2O7S/c1-20-13-9-12(3-5-15(13)27-18(20)22)28(23,24)19-10-14(21)11-2-4-16-17(8-11)26-7-6-25-16/h2-5,8-9,14,19,21H,6-7,10H2,1H3/t14-/m0/s1. The minimum atomic E-state index is -3.90. The van der Waals surface area contributed by atoms with Gasteiger partial charge in [-0.15, -0.1) is 0 Å². The van der Waals surface area contributed by atoms with E-state index >= 15 is 0 Å². The summed E-state index contributed by atoms with van der Waals surface area (Å²) in [6.07, 6.45) is -1.08. The smallest absolute Gasteiger partial charge is 0.419 e. The maximum Gasteiger partial charge on any atom is 0.419 e. The summed E-state index contributed by atoms with van der Waals surface area (Å²) in [6.45, 7) is 0.643. The van der Waals surface area contributed by atoms with Crippen LogP contribution in [0.5, 0.6) is 11.5 Å². The molecule has 2 heterocycles. The van der Waals surface area contributed by atoms with Crippen LogP contribution in [0.3, 0.4) is 0 Å². The third-order valence-corrected chi connectivity index (χ3v) is 5.91. The summed E-state index contributed by atoms with van der Waals surface area (Å²) in [5.74, 6) is 0.519. The SMILES string of the molecule is Cn1c(=O)oc2ccc(S(=O)(=O)NC[C@H](O)c3ccc4c(c3)OCCO4)cc21. The van der Waals surface area contributed by atoms with E-state index in [2.05, 4.69) is 4.72 Å². The molecule has 0 unspecified atom stereocenters. The first-order valence-corrected chi connectivity index (χ1v) is 10.0. The normalized spacial score (nSPS) is 14.9. The summed E-state index contributed by atoms with van der Waals surface area (Å²) >= 11 is 0. The van der Waals surface area contributed by atoms with Crippen molar-refractivity contribution >= 4 is 21.1 Å². The number of oxazole rings is 1. The Morgan fingerprint density at radius 3 is 2.68 bits per heavy atom. The van der Waals surface area contributed by atoms with Crippen molar-refractivity contribution in [3.05, 3.63) is 52.5 Å². The van der Waals surface area contributed by atoms with Crippen LogP contribution in [0.4, 0.5) is 0 Å². The minimum absolute atomic E-state index is 0.0363. The maximum atomic E-state index is 12.6. The van der Waals surface area contributed by atoms with Gasteiger partial charge in [0.05, 0.1) is 16.5 Å². The van der Waals surface area contributed by atoms with Gasteiger partial charge in [0.2, 0.25) is 10.0 Å². The van der Waals surface area contributed by atoms with Crippen molar-refractivity contribution in [1.82, 2.24) is 9.29 Å². The molecule has 148 valence electrons. The van der Waals surface area contributed by atoms with Crippen LogP contribution in [0.2, 0.25) is 0 Å². The number of rotatable bonds is 5. The predicted octanol–water partition coefficient (Wildman–Crippen LogP) is 0.915. The number of aliphatic hydroxyl groups is 1. The van der Waals surface area contributed by atoms with Gasteiger partial charge in [-0.2, -0.15) is 0 Å². The lowest BCUT2D eigenvalue weighted by molar-refractivity contribution is 0.165. The summed E-state index contributed by atoms with van der Waals surface area (Å²) in [6, 6.07) is 9.06. The lowest BCUT2D eigenvalue weighted by Gasteiger charge is -2.20. The third-order valence-electron chi connectivity index (χ3n) is 4.49. The molecule has 2 aromatic carbocycles. The zero-order valence-electron chi connectivity index (χ0n) is 14.9. The Labute approximate surface area is 160 Å². The summed E-state index contributed by atoms with van der Waals surface area (Å²) < 4.78 is 44.6. The van der Waals surface area contributed by atoms with Crippen molar-refractivity contribution in [3.63, 3.8) is 0 Å². The Hall–Kier alpha value is -2.82. The first-order chi connectivity index (χ1) is 13.3. The second kappa shape index (κ2) is 6.97. The molecule has 0 fully saturated rings. The molecule has 0 aliphatic carbocycles. The highest BCUT2D eigenvalue weighted by Gasteiger charge is 2.20. The quantitative estimate of drug-likeness (QED) is 0.646. The molecule has 2 N–H and O–H groups in total. The molecular formula is C18H18N2O7S. The van der Waals surface area contributed by atoms with E-state index in [1.807, 2.05) is 0 Å². The van der Waals surface area contributed by atoms with Crippen LogP contribution in [0, 0.1) is 0 Å². The third kappa shape index (κ3) is 3.37. The Kier molecular flexibility index (Phi) is 4.61. The largest absolute Gasteiger partial charge is 0.486 e. The van der Waals surface area contributed by atoms with Crippen molar-refractivity contribution in [2.45, 2.75) is 11.0 Å². The first kappa shape index (κ1) is 18.5. The van der Waals surface area contributed by atoms with E-state index in [1.165, 1.54) is 29.8 Å². The second-order valence-corrected chi connectivity index (χ2v) is 8.09. The Bertz CT molecular complexity index is 1200. The highest BCUT2D eigenvalue weighted by molar-refractivity contribution is 7.89. The minimum Gasteiger partial charge on any atom is -0.486 e. The fourth-order valence-electron chi connectivity index (χ4n) is 2.93. The number of sulfonamides is 1. The van der Waals surface area contributed by atoms with Gasteiger partial charge >= 0.3 is 5.76 Å². The highest BCUT2D eigenvalue weighted by atomic mass is 32.2. The van der Waals surface area contributed by atoms with E-state index in [1.54, 1.807) is 18.2 Å². The Balaban J connectivity index is 1.52. The van der Waals surface area contributed by atoms with E-state index in [4.69, 9.17) is 13.9 Å². The van der Waals surface area contributed by atoms with Gasteiger partial charge in [0.1, 0.15) is 13.2 Å². The van der Waals surface area contributed by atoms with Crippen molar-refractivity contribution < 1.29 is 27.4 Å². The van der Waals surface area contributed by atoms with E-state index in [9.17, 15) is 18.3 Å². The lowest BCUT2D eigenvalue weighted by atomic mass is 10.1. The maximum absolute atomic E-state index is 12.6. The molecule has 28 heavy (non-hydrogen) atoms. The molecule has 1 aliphatic rings. The van der Waals surface area contributed by atoms with Crippen molar-refractivity contribution in [2.24, 2.45) is 7.05 Å². The number of fused-ring (bicyclic) bond motifs is 2. The molecule has 0 radical (unpaired) electrons. The van der Waals surface area contributed by atoms with E-state index < -0.39 is 21.9 Å². The Morgan fingerprint density at radius 1 is 1.14 bits per heavy atom. The van der Waals surface area contributed by atoms with Gasteiger partial charge in [-0.25, -0.2) is 17.9 Å². The van der Waals surface area contributed by atoms with Crippen LogP contribution in [0.1, 0.15) is 11.7 Å². The van der Waals surface area contributed by atoms with Gasteiger partial charge < -0.3 is 19.0 Å². The highest BCUT2D eigenvalue weighted by Crippen LogP contribution is 2.32. The molecule has 1 aromatic heterocycles. The summed E-state index contributed by atoms with van der Waals surface area (Å²) in [7, 11) is -2.41. The average Bonchev–Trinajstić information content (AvgIpc) is 2.99. The fourth-order valence-corrected chi connectivity index (χ4v) is 3.99. The van der Waals surface area contributed by atoms with Crippen LogP contribution in [0.15, 0.2) is 50.5 Å². The molecular weight excluding hydrogens is 388 g/mol. The number of nitrogens with zero attached hydrogens (tertiary/aromatic N) is 1. The molecule has 0 saturated heterocycles. The number of aryl methyl sites for hydroxylation is 1. The average molecular weight is 406 g/mol. The topological polar surface area (TPSA) is 120 Å². The second-order valence-electron chi connectivity index (χ2n) is 6.33. The molecule has 0 bridgehead atoms. The number of ether oxygens (including phenoxy) is 2. The summed E-state index contributed by atoms with van der Waals surface area (Å²) in [5.41, 5.74) is 1.16. The molecule has 1 atom stereocenters. The van der Waals surface area contributed by atoms with Gasteiger partial charge in [0.25, 0.3) is 0 Å². The molecule has 10 heteroatoms. The predicted molar refractivity (Wildman–Crippen MR) is 99.0 cm³/mol. The monoisotopic (exact) mass is 406 g/mol. The number of nitrogens with one attached hydrogen (secondary N) is 1. The van der Waals surface area contributed by atoms with E-state index in [0.717, 1.165) is 0 Å². The lowest BCUT2D eigenvalue weighted by Crippen LogP contribution is -2.28. The van der Waals surface area contributed by atoms with Crippen LogP contribution in [0.25, 0.3) is 11.1 Å². The van der Waals surface area contributed by atoms with Gasteiger partial charge in [-0.3, -0.25) is 4.57 Å². The fraction of sp³-hybridized carbons (Fsp3) is 0.278. The molecule has 4 rings (SSSR count). The molecule has 0 saturated carbocycles. The van der Waals surface area contributed by atoms with Crippen molar-refractivity contribution in [2.75, 3.05) is 19.8 Å². The van der Waals surface area contributed by atoms with Crippen molar-refractivity contribution in [3.8, 4) is 11.5 Å². The molecule has 0 spiro atoms.